The summed E-state index contributed by atoms with van der Waals surface area (Å²) < 4.78 is 26.3. The number of rotatable bonds is 4. The predicted octanol–water partition coefficient (Wildman–Crippen LogP) is 2.85. The minimum Gasteiger partial charge on any atom is -0.319 e. The SMILES string of the molecule is CNCCc1nc(-c2ccc(F)cc2F)cs1. The van der Waals surface area contributed by atoms with Crippen LogP contribution in [0.2, 0.25) is 0 Å². The largest absolute Gasteiger partial charge is 0.319 e. The topological polar surface area (TPSA) is 24.9 Å². The molecule has 1 aromatic carbocycles. The van der Waals surface area contributed by atoms with Gasteiger partial charge in [-0.2, -0.15) is 0 Å². The van der Waals surface area contributed by atoms with E-state index in [1.807, 2.05) is 7.05 Å². The number of likely N-dealkylation sites (N-methyl/N-ethyl adjacent to an activating group) is 1. The minimum atomic E-state index is -0.574. The van der Waals surface area contributed by atoms with Gasteiger partial charge in [0.15, 0.2) is 0 Å². The van der Waals surface area contributed by atoms with E-state index in [0.717, 1.165) is 24.0 Å². The first kappa shape index (κ1) is 12.1. The smallest absolute Gasteiger partial charge is 0.135 e. The zero-order valence-electron chi connectivity index (χ0n) is 9.34. The summed E-state index contributed by atoms with van der Waals surface area (Å²) in [5.74, 6) is -1.15. The van der Waals surface area contributed by atoms with Crippen LogP contribution in [0.25, 0.3) is 11.3 Å². The molecule has 0 fully saturated rings. The fourth-order valence-electron chi connectivity index (χ4n) is 1.48. The second-order valence-electron chi connectivity index (χ2n) is 3.60. The van der Waals surface area contributed by atoms with Crippen molar-refractivity contribution in [1.82, 2.24) is 10.3 Å². The molecule has 1 aromatic heterocycles. The van der Waals surface area contributed by atoms with Crippen LogP contribution < -0.4 is 5.32 Å². The summed E-state index contributed by atoms with van der Waals surface area (Å²) in [6.45, 7) is 0.832. The van der Waals surface area contributed by atoms with Gasteiger partial charge < -0.3 is 5.32 Å². The number of nitrogens with zero attached hydrogens (tertiary/aromatic N) is 1. The number of nitrogens with one attached hydrogen (secondary N) is 1. The number of benzene rings is 1. The van der Waals surface area contributed by atoms with Crippen LogP contribution in [0.3, 0.4) is 0 Å². The van der Waals surface area contributed by atoms with Gasteiger partial charge in [-0.3, -0.25) is 0 Å². The van der Waals surface area contributed by atoms with Crippen molar-refractivity contribution in [3.8, 4) is 11.3 Å². The molecule has 1 N–H and O–H groups in total. The fraction of sp³-hybridized carbons (Fsp3) is 0.250. The van der Waals surface area contributed by atoms with Crippen molar-refractivity contribution < 1.29 is 8.78 Å². The van der Waals surface area contributed by atoms with E-state index >= 15 is 0 Å². The Morgan fingerprint density at radius 1 is 1.35 bits per heavy atom. The van der Waals surface area contributed by atoms with Gasteiger partial charge in [-0.25, -0.2) is 13.8 Å². The Bertz CT molecular complexity index is 511. The molecule has 2 rings (SSSR count). The van der Waals surface area contributed by atoms with Crippen LogP contribution in [0.1, 0.15) is 5.01 Å². The van der Waals surface area contributed by atoms with Gasteiger partial charge in [0.1, 0.15) is 11.6 Å². The Balaban J connectivity index is 2.24. The maximum atomic E-state index is 13.5. The maximum absolute atomic E-state index is 13.5. The lowest BCUT2D eigenvalue weighted by Crippen LogP contribution is -2.09. The van der Waals surface area contributed by atoms with Crippen molar-refractivity contribution in [2.45, 2.75) is 6.42 Å². The van der Waals surface area contributed by atoms with Gasteiger partial charge in [-0.15, -0.1) is 11.3 Å². The zero-order valence-corrected chi connectivity index (χ0v) is 10.2. The summed E-state index contributed by atoms with van der Waals surface area (Å²) in [7, 11) is 1.87. The molecule has 0 amide bonds. The Hall–Kier alpha value is -1.33. The molecule has 0 unspecified atom stereocenters. The van der Waals surface area contributed by atoms with Crippen LogP contribution >= 0.6 is 11.3 Å². The minimum absolute atomic E-state index is 0.346. The zero-order chi connectivity index (χ0) is 12.3. The average molecular weight is 254 g/mol. The number of aromatic nitrogens is 1. The molecule has 0 aliphatic heterocycles. The van der Waals surface area contributed by atoms with Crippen molar-refractivity contribution in [3.05, 3.63) is 40.2 Å². The lowest BCUT2D eigenvalue weighted by molar-refractivity contribution is 0.585. The standard InChI is InChI=1S/C12H12F2N2S/c1-15-5-4-12-16-11(7-17-12)9-3-2-8(13)6-10(9)14/h2-3,6-7,15H,4-5H2,1H3. The Morgan fingerprint density at radius 3 is 2.88 bits per heavy atom. The number of halogens is 2. The first-order valence-corrected chi connectivity index (χ1v) is 6.13. The van der Waals surface area contributed by atoms with E-state index in [-0.39, 0.29) is 0 Å². The highest BCUT2D eigenvalue weighted by molar-refractivity contribution is 7.09. The van der Waals surface area contributed by atoms with Crippen LogP contribution in [0.15, 0.2) is 23.6 Å². The number of hydrogen-bond acceptors (Lipinski definition) is 3. The third-order valence-electron chi connectivity index (χ3n) is 2.35. The highest BCUT2D eigenvalue weighted by atomic mass is 32.1. The molecule has 0 saturated heterocycles. The molecule has 90 valence electrons. The molecule has 0 aliphatic rings. The quantitative estimate of drug-likeness (QED) is 0.907. The summed E-state index contributed by atoms with van der Waals surface area (Å²) in [5, 5.41) is 5.76. The molecule has 0 atom stereocenters. The Labute approximate surface area is 102 Å². The molecule has 0 radical (unpaired) electrons. The van der Waals surface area contributed by atoms with Gasteiger partial charge in [0.25, 0.3) is 0 Å². The lowest BCUT2D eigenvalue weighted by Gasteiger charge is -1.99. The molecule has 0 bridgehead atoms. The highest BCUT2D eigenvalue weighted by Crippen LogP contribution is 2.25. The van der Waals surface area contributed by atoms with E-state index in [1.165, 1.54) is 23.5 Å². The van der Waals surface area contributed by atoms with Gasteiger partial charge in [0.05, 0.1) is 10.7 Å². The molecule has 1 heterocycles. The molecular formula is C12H12F2N2S. The lowest BCUT2D eigenvalue weighted by atomic mass is 10.1. The van der Waals surface area contributed by atoms with E-state index < -0.39 is 11.6 Å². The first-order valence-electron chi connectivity index (χ1n) is 5.25. The first-order chi connectivity index (χ1) is 8.20. The summed E-state index contributed by atoms with van der Waals surface area (Å²) in [6.07, 6.45) is 0.810. The number of hydrogen-bond donors (Lipinski definition) is 1. The van der Waals surface area contributed by atoms with Crippen molar-refractivity contribution in [3.63, 3.8) is 0 Å². The van der Waals surface area contributed by atoms with E-state index in [4.69, 9.17) is 0 Å². The summed E-state index contributed by atoms with van der Waals surface area (Å²) in [4.78, 5) is 4.32. The third-order valence-corrected chi connectivity index (χ3v) is 3.26. The Kier molecular flexibility index (Phi) is 3.81. The van der Waals surface area contributed by atoms with Crippen LogP contribution in [-0.2, 0) is 6.42 Å². The van der Waals surface area contributed by atoms with Crippen LogP contribution in [0.5, 0.6) is 0 Å². The molecule has 2 nitrogen and oxygen atoms in total. The molecule has 0 saturated carbocycles. The summed E-state index contributed by atoms with van der Waals surface area (Å²) >= 11 is 1.49. The normalized spacial score (nSPS) is 10.8. The van der Waals surface area contributed by atoms with Crippen LogP contribution in [0, 0.1) is 11.6 Å². The monoisotopic (exact) mass is 254 g/mol. The third kappa shape index (κ3) is 2.87. The molecular weight excluding hydrogens is 242 g/mol. The second-order valence-corrected chi connectivity index (χ2v) is 4.55. The average Bonchev–Trinajstić information content (AvgIpc) is 2.75. The van der Waals surface area contributed by atoms with E-state index in [1.54, 1.807) is 5.38 Å². The molecule has 17 heavy (non-hydrogen) atoms. The van der Waals surface area contributed by atoms with Crippen LogP contribution in [-0.4, -0.2) is 18.6 Å². The van der Waals surface area contributed by atoms with E-state index in [2.05, 4.69) is 10.3 Å². The highest BCUT2D eigenvalue weighted by Gasteiger charge is 2.10. The van der Waals surface area contributed by atoms with Gasteiger partial charge in [-0.05, 0) is 19.2 Å². The van der Waals surface area contributed by atoms with Crippen molar-refractivity contribution in [2.75, 3.05) is 13.6 Å². The van der Waals surface area contributed by atoms with E-state index in [9.17, 15) is 8.78 Å². The summed E-state index contributed by atoms with van der Waals surface area (Å²) in [5.41, 5.74) is 0.914. The second kappa shape index (κ2) is 5.33. The van der Waals surface area contributed by atoms with Gasteiger partial charge in [0, 0.05) is 30.0 Å². The van der Waals surface area contributed by atoms with Gasteiger partial charge >= 0.3 is 0 Å². The van der Waals surface area contributed by atoms with Crippen molar-refractivity contribution >= 4 is 11.3 Å². The van der Waals surface area contributed by atoms with Gasteiger partial charge in [0.2, 0.25) is 0 Å². The number of thiazole rings is 1. The van der Waals surface area contributed by atoms with Crippen molar-refractivity contribution in [1.29, 1.82) is 0 Å². The molecule has 2 aromatic rings. The molecule has 0 aliphatic carbocycles. The maximum Gasteiger partial charge on any atom is 0.135 e. The summed E-state index contributed by atoms with van der Waals surface area (Å²) in [6, 6.07) is 3.54. The van der Waals surface area contributed by atoms with Gasteiger partial charge in [-0.1, -0.05) is 0 Å². The fourth-order valence-corrected chi connectivity index (χ4v) is 2.28. The van der Waals surface area contributed by atoms with Crippen LogP contribution in [0.4, 0.5) is 8.78 Å². The molecule has 0 spiro atoms. The van der Waals surface area contributed by atoms with E-state index in [0.29, 0.717) is 11.3 Å². The Morgan fingerprint density at radius 2 is 2.18 bits per heavy atom. The predicted molar refractivity (Wildman–Crippen MR) is 65.1 cm³/mol. The molecule has 5 heteroatoms. The van der Waals surface area contributed by atoms with Crippen molar-refractivity contribution in [2.24, 2.45) is 0 Å².